The Labute approximate surface area is 192 Å². The van der Waals surface area contributed by atoms with Gasteiger partial charge in [0.15, 0.2) is 11.5 Å². The Morgan fingerprint density at radius 2 is 1.81 bits per heavy atom. The number of aliphatic hydroxyl groups is 1. The molecular formula is C23H27ClN4O4. The molecule has 0 bridgehead atoms. The molecule has 3 aromatic rings. The lowest BCUT2D eigenvalue weighted by molar-refractivity contribution is 0.0942. The average molecular weight is 459 g/mol. The third kappa shape index (κ3) is 5.93. The number of imidazole rings is 1. The van der Waals surface area contributed by atoms with Crippen molar-refractivity contribution in [2.75, 3.05) is 32.1 Å². The maximum atomic E-state index is 13.0. The molecule has 0 spiro atoms. The summed E-state index contributed by atoms with van der Waals surface area (Å²) in [6, 6.07) is 14.8. The zero-order valence-corrected chi connectivity index (χ0v) is 18.9. The van der Waals surface area contributed by atoms with Crippen LogP contribution in [0.1, 0.15) is 29.4 Å². The second kappa shape index (κ2) is 11.4. The normalized spacial score (nSPS) is 10.6. The Morgan fingerprint density at radius 3 is 2.44 bits per heavy atom. The van der Waals surface area contributed by atoms with Crippen molar-refractivity contribution >= 4 is 23.3 Å². The minimum Gasteiger partial charge on any atom is -0.497 e. The number of aromatic nitrogens is 2. The fraction of sp³-hybridized carbons (Fsp3) is 0.304. The topological polar surface area (TPSA) is 97.6 Å². The third-order valence-corrected chi connectivity index (χ3v) is 4.89. The van der Waals surface area contributed by atoms with Crippen LogP contribution in [0.4, 0.5) is 5.82 Å². The van der Waals surface area contributed by atoms with Crippen LogP contribution in [0, 0.1) is 0 Å². The molecular weight excluding hydrogens is 432 g/mol. The first-order chi connectivity index (χ1) is 15.5. The molecule has 0 saturated heterocycles. The van der Waals surface area contributed by atoms with E-state index in [2.05, 4.69) is 15.6 Å². The van der Waals surface area contributed by atoms with Gasteiger partial charge in [-0.2, -0.15) is 4.98 Å². The number of benzene rings is 2. The second-order valence-corrected chi connectivity index (χ2v) is 7.38. The number of amides is 1. The van der Waals surface area contributed by atoms with Crippen molar-refractivity contribution in [2.45, 2.75) is 19.9 Å². The average Bonchev–Trinajstić information content (AvgIpc) is 3.12. The monoisotopic (exact) mass is 458 g/mol. The quantitative estimate of drug-likeness (QED) is 0.377. The van der Waals surface area contributed by atoms with Gasteiger partial charge in [-0.25, -0.2) is 0 Å². The Kier molecular flexibility index (Phi) is 8.35. The highest BCUT2D eigenvalue weighted by molar-refractivity contribution is 6.30. The number of nitrogens with zero attached hydrogens (tertiary/aromatic N) is 2. The minimum absolute atomic E-state index is 0.00376. The summed E-state index contributed by atoms with van der Waals surface area (Å²) in [7, 11) is 1.60. The zero-order chi connectivity index (χ0) is 22.9. The van der Waals surface area contributed by atoms with E-state index < -0.39 is 0 Å². The van der Waals surface area contributed by atoms with Crippen LogP contribution < -0.4 is 20.1 Å². The standard InChI is InChI=1S/C23H27ClN4O4/c1-3-25-21-20(22(30)26-13-4-14-29)28(15-16-5-7-17(24)8-6-16)23(27-21)32-19-11-9-18(31-2)10-12-19/h5-12,25,29H,3-4,13-15H2,1-2H3,(H,26,30). The number of carbonyl (C=O) groups excluding carboxylic acids is 1. The predicted molar refractivity (Wildman–Crippen MR) is 124 cm³/mol. The molecule has 2 aromatic carbocycles. The summed E-state index contributed by atoms with van der Waals surface area (Å²) in [6.45, 7) is 3.20. The Morgan fingerprint density at radius 1 is 1.12 bits per heavy atom. The van der Waals surface area contributed by atoms with Crippen LogP contribution in [0.3, 0.4) is 0 Å². The second-order valence-electron chi connectivity index (χ2n) is 6.95. The smallest absolute Gasteiger partial charge is 0.304 e. The van der Waals surface area contributed by atoms with E-state index in [1.54, 1.807) is 48.1 Å². The summed E-state index contributed by atoms with van der Waals surface area (Å²) in [6.07, 6.45) is 0.461. The van der Waals surface area contributed by atoms with Crippen molar-refractivity contribution in [1.82, 2.24) is 14.9 Å². The van der Waals surface area contributed by atoms with Gasteiger partial charge in [0.05, 0.1) is 13.7 Å². The van der Waals surface area contributed by atoms with Crippen molar-refractivity contribution in [3.05, 3.63) is 64.8 Å². The van der Waals surface area contributed by atoms with Crippen molar-refractivity contribution in [2.24, 2.45) is 0 Å². The van der Waals surface area contributed by atoms with Crippen molar-refractivity contribution < 1.29 is 19.4 Å². The summed E-state index contributed by atoms with van der Waals surface area (Å²) in [5.74, 6) is 1.38. The van der Waals surface area contributed by atoms with Crippen LogP contribution in [0.2, 0.25) is 5.02 Å². The molecule has 9 heteroatoms. The number of nitrogens with one attached hydrogen (secondary N) is 2. The summed E-state index contributed by atoms with van der Waals surface area (Å²) in [5, 5.41) is 15.7. The van der Waals surface area contributed by atoms with Crippen LogP contribution in [0.25, 0.3) is 0 Å². The predicted octanol–water partition coefficient (Wildman–Crippen LogP) is 3.93. The first kappa shape index (κ1) is 23.4. The number of ether oxygens (including phenoxy) is 2. The van der Waals surface area contributed by atoms with Gasteiger partial charge >= 0.3 is 6.01 Å². The highest BCUT2D eigenvalue weighted by Gasteiger charge is 2.24. The number of rotatable bonds is 11. The zero-order valence-electron chi connectivity index (χ0n) is 18.1. The van der Waals surface area contributed by atoms with E-state index in [-0.39, 0.29) is 18.5 Å². The number of methoxy groups -OCH3 is 1. The molecule has 3 rings (SSSR count). The number of hydrogen-bond acceptors (Lipinski definition) is 6. The van der Waals surface area contributed by atoms with E-state index in [1.807, 2.05) is 19.1 Å². The Balaban J connectivity index is 2.01. The lowest BCUT2D eigenvalue weighted by Crippen LogP contribution is -2.28. The highest BCUT2D eigenvalue weighted by atomic mass is 35.5. The van der Waals surface area contributed by atoms with Crippen molar-refractivity contribution in [3.63, 3.8) is 0 Å². The maximum Gasteiger partial charge on any atom is 0.304 e. The van der Waals surface area contributed by atoms with Gasteiger partial charge in [-0.1, -0.05) is 23.7 Å². The summed E-state index contributed by atoms with van der Waals surface area (Å²) in [4.78, 5) is 17.6. The van der Waals surface area contributed by atoms with Crippen LogP contribution >= 0.6 is 11.6 Å². The van der Waals surface area contributed by atoms with Gasteiger partial charge in [-0.3, -0.25) is 9.36 Å². The van der Waals surface area contributed by atoms with Crippen molar-refractivity contribution in [3.8, 4) is 17.5 Å². The maximum absolute atomic E-state index is 13.0. The first-order valence-electron chi connectivity index (χ1n) is 10.4. The molecule has 8 nitrogen and oxygen atoms in total. The molecule has 32 heavy (non-hydrogen) atoms. The Bertz CT molecular complexity index is 1020. The Hall–Kier alpha value is -3.23. The number of anilines is 1. The van der Waals surface area contributed by atoms with Gasteiger partial charge in [-0.15, -0.1) is 0 Å². The van der Waals surface area contributed by atoms with E-state index in [4.69, 9.17) is 26.2 Å². The lowest BCUT2D eigenvalue weighted by Gasteiger charge is -2.13. The number of halogens is 1. The largest absolute Gasteiger partial charge is 0.497 e. The molecule has 0 atom stereocenters. The molecule has 0 saturated carbocycles. The van der Waals surface area contributed by atoms with Crippen LogP contribution in [-0.2, 0) is 6.54 Å². The highest BCUT2D eigenvalue weighted by Crippen LogP contribution is 2.29. The molecule has 0 aliphatic carbocycles. The van der Waals surface area contributed by atoms with Crippen LogP contribution in [0.15, 0.2) is 48.5 Å². The van der Waals surface area contributed by atoms with E-state index >= 15 is 0 Å². The molecule has 3 N–H and O–H groups in total. The molecule has 170 valence electrons. The molecule has 0 aliphatic heterocycles. The first-order valence-corrected chi connectivity index (χ1v) is 10.7. The van der Waals surface area contributed by atoms with Crippen molar-refractivity contribution in [1.29, 1.82) is 0 Å². The van der Waals surface area contributed by atoms with Gasteiger partial charge in [0, 0.05) is 24.7 Å². The molecule has 1 heterocycles. The number of aliphatic hydroxyl groups excluding tert-OH is 1. The van der Waals surface area contributed by atoms with Gasteiger partial charge in [0.25, 0.3) is 5.91 Å². The molecule has 1 amide bonds. The number of hydrogen-bond donors (Lipinski definition) is 3. The van der Waals surface area contributed by atoms with Gasteiger partial charge in [0.2, 0.25) is 0 Å². The summed E-state index contributed by atoms with van der Waals surface area (Å²) in [5.41, 5.74) is 1.28. The minimum atomic E-state index is -0.305. The van der Waals surface area contributed by atoms with Crippen LogP contribution in [0.5, 0.6) is 17.5 Å². The molecule has 0 fully saturated rings. The lowest BCUT2D eigenvalue weighted by atomic mass is 10.2. The van der Waals surface area contributed by atoms with Gasteiger partial charge < -0.3 is 25.2 Å². The number of carbonyl (C=O) groups is 1. The van der Waals surface area contributed by atoms with Gasteiger partial charge in [-0.05, 0) is 55.3 Å². The molecule has 0 radical (unpaired) electrons. The summed E-state index contributed by atoms with van der Waals surface area (Å²) >= 11 is 6.03. The van der Waals surface area contributed by atoms with Crippen LogP contribution in [-0.4, -0.2) is 47.4 Å². The van der Waals surface area contributed by atoms with E-state index in [1.165, 1.54) is 0 Å². The fourth-order valence-electron chi connectivity index (χ4n) is 3.06. The van der Waals surface area contributed by atoms with Gasteiger partial charge in [0.1, 0.15) is 11.5 Å². The van der Waals surface area contributed by atoms with E-state index in [0.717, 1.165) is 5.56 Å². The van der Waals surface area contributed by atoms with E-state index in [0.29, 0.717) is 54.1 Å². The summed E-state index contributed by atoms with van der Waals surface area (Å²) < 4.78 is 13.0. The third-order valence-electron chi connectivity index (χ3n) is 4.63. The molecule has 0 unspecified atom stereocenters. The molecule has 0 aliphatic rings. The molecule has 1 aromatic heterocycles. The fourth-order valence-corrected chi connectivity index (χ4v) is 3.19. The van der Waals surface area contributed by atoms with E-state index in [9.17, 15) is 4.79 Å². The SMILES string of the molecule is CCNc1nc(Oc2ccc(OC)cc2)n(Cc2ccc(Cl)cc2)c1C(=O)NCCCO.